The van der Waals surface area contributed by atoms with Crippen LogP contribution in [0.1, 0.15) is 16.9 Å². The van der Waals surface area contributed by atoms with Crippen molar-refractivity contribution in [2.75, 3.05) is 13.6 Å². The Labute approximate surface area is 120 Å². The molecule has 0 saturated carbocycles. The molecule has 108 valence electrons. The molecule has 1 aromatic heterocycles. The van der Waals surface area contributed by atoms with Crippen LogP contribution >= 0.6 is 0 Å². The molecule has 0 N–H and O–H groups in total. The molecule has 0 saturated heterocycles. The van der Waals surface area contributed by atoms with Crippen LogP contribution in [0.5, 0.6) is 0 Å². The Morgan fingerprint density at radius 2 is 1.90 bits per heavy atom. The average molecular weight is 293 g/mol. The molecule has 20 heavy (non-hydrogen) atoms. The van der Waals surface area contributed by atoms with E-state index in [1.807, 2.05) is 26.0 Å². The van der Waals surface area contributed by atoms with Crippen LogP contribution in [0.15, 0.2) is 45.9 Å². The smallest absolute Gasteiger partial charge is 0.242 e. The number of nitrogens with zero attached hydrogens (tertiary/aromatic N) is 1. The van der Waals surface area contributed by atoms with Crippen molar-refractivity contribution < 1.29 is 12.8 Å². The third-order valence-electron chi connectivity index (χ3n) is 3.44. The van der Waals surface area contributed by atoms with Crippen molar-refractivity contribution in [1.29, 1.82) is 0 Å². The van der Waals surface area contributed by atoms with Crippen LogP contribution in [0.3, 0.4) is 0 Å². The van der Waals surface area contributed by atoms with Gasteiger partial charge in [-0.05, 0) is 49.2 Å². The zero-order chi connectivity index (χ0) is 14.8. The minimum absolute atomic E-state index is 0.336. The van der Waals surface area contributed by atoms with Crippen LogP contribution in [-0.2, 0) is 16.4 Å². The highest BCUT2D eigenvalue weighted by Crippen LogP contribution is 2.18. The highest BCUT2D eigenvalue weighted by Gasteiger charge is 2.21. The summed E-state index contributed by atoms with van der Waals surface area (Å²) >= 11 is 0. The summed E-state index contributed by atoms with van der Waals surface area (Å²) in [4.78, 5) is 0.336. The SMILES string of the molecule is Cc1ccc(S(=O)(=O)N(C)CCc2ccco2)cc1C. The fourth-order valence-corrected chi connectivity index (χ4v) is 3.15. The van der Waals surface area contributed by atoms with Gasteiger partial charge in [-0.15, -0.1) is 0 Å². The summed E-state index contributed by atoms with van der Waals surface area (Å²) in [5.41, 5.74) is 2.06. The summed E-state index contributed by atoms with van der Waals surface area (Å²) < 4.78 is 31.5. The Hall–Kier alpha value is -1.59. The first-order valence-electron chi connectivity index (χ1n) is 6.47. The predicted octanol–water partition coefficient (Wildman–Crippen LogP) is 2.76. The standard InChI is InChI=1S/C15H19NO3S/c1-12-6-7-15(11-13(12)2)20(17,18)16(3)9-8-14-5-4-10-19-14/h4-7,10-11H,8-9H2,1-3H3. The summed E-state index contributed by atoms with van der Waals surface area (Å²) in [5, 5.41) is 0. The van der Waals surface area contributed by atoms with Crippen molar-refractivity contribution in [2.24, 2.45) is 0 Å². The van der Waals surface area contributed by atoms with Gasteiger partial charge in [0.2, 0.25) is 10.0 Å². The molecule has 0 aliphatic carbocycles. The third-order valence-corrected chi connectivity index (χ3v) is 5.29. The molecule has 5 heteroatoms. The molecule has 0 spiro atoms. The fraction of sp³-hybridized carbons (Fsp3) is 0.333. The Balaban J connectivity index is 2.14. The second-order valence-corrected chi connectivity index (χ2v) is 6.95. The summed E-state index contributed by atoms with van der Waals surface area (Å²) in [6.45, 7) is 4.27. The first-order chi connectivity index (χ1) is 9.41. The molecule has 4 nitrogen and oxygen atoms in total. The molecule has 0 aliphatic heterocycles. The normalized spacial score (nSPS) is 12.0. The quantitative estimate of drug-likeness (QED) is 0.851. The van der Waals surface area contributed by atoms with Gasteiger partial charge in [-0.25, -0.2) is 12.7 Å². The van der Waals surface area contributed by atoms with Crippen molar-refractivity contribution in [1.82, 2.24) is 4.31 Å². The number of rotatable bonds is 5. The molecule has 0 amide bonds. The molecule has 2 rings (SSSR count). The molecule has 1 heterocycles. The number of furan rings is 1. The largest absolute Gasteiger partial charge is 0.469 e. The van der Waals surface area contributed by atoms with Crippen LogP contribution < -0.4 is 0 Å². The maximum atomic E-state index is 12.5. The summed E-state index contributed by atoms with van der Waals surface area (Å²) in [7, 11) is -1.85. The van der Waals surface area contributed by atoms with E-state index in [1.54, 1.807) is 31.5 Å². The van der Waals surface area contributed by atoms with E-state index < -0.39 is 10.0 Å². The van der Waals surface area contributed by atoms with Gasteiger partial charge in [-0.1, -0.05) is 6.07 Å². The van der Waals surface area contributed by atoms with E-state index in [2.05, 4.69) is 0 Å². The van der Waals surface area contributed by atoms with E-state index in [0.29, 0.717) is 17.9 Å². The van der Waals surface area contributed by atoms with Crippen molar-refractivity contribution in [2.45, 2.75) is 25.2 Å². The second kappa shape index (κ2) is 5.81. The topological polar surface area (TPSA) is 50.5 Å². The molecular formula is C15H19NO3S. The Morgan fingerprint density at radius 3 is 2.50 bits per heavy atom. The van der Waals surface area contributed by atoms with Gasteiger partial charge in [0.25, 0.3) is 0 Å². The third kappa shape index (κ3) is 3.11. The lowest BCUT2D eigenvalue weighted by Gasteiger charge is -2.17. The van der Waals surface area contributed by atoms with Gasteiger partial charge in [-0.2, -0.15) is 0 Å². The van der Waals surface area contributed by atoms with Crippen molar-refractivity contribution >= 4 is 10.0 Å². The number of hydrogen-bond donors (Lipinski definition) is 0. The van der Waals surface area contributed by atoms with Crippen molar-refractivity contribution in [3.63, 3.8) is 0 Å². The van der Waals surface area contributed by atoms with Crippen LogP contribution in [0, 0.1) is 13.8 Å². The molecule has 0 bridgehead atoms. The number of benzene rings is 1. The highest BCUT2D eigenvalue weighted by molar-refractivity contribution is 7.89. The molecule has 0 radical (unpaired) electrons. The average Bonchev–Trinajstić information content (AvgIpc) is 2.92. The number of likely N-dealkylation sites (N-methyl/N-ethyl adjacent to an activating group) is 1. The molecule has 0 atom stereocenters. The molecule has 0 aliphatic rings. The van der Waals surface area contributed by atoms with E-state index in [0.717, 1.165) is 16.9 Å². The summed E-state index contributed by atoms with van der Waals surface area (Å²) in [6, 6.07) is 8.85. The van der Waals surface area contributed by atoms with Crippen LogP contribution in [0.25, 0.3) is 0 Å². The maximum Gasteiger partial charge on any atom is 0.242 e. The number of sulfonamides is 1. The highest BCUT2D eigenvalue weighted by atomic mass is 32.2. The first-order valence-corrected chi connectivity index (χ1v) is 7.91. The lowest BCUT2D eigenvalue weighted by Crippen LogP contribution is -2.29. The molecule has 2 aromatic rings. The predicted molar refractivity (Wildman–Crippen MR) is 78.1 cm³/mol. The van der Waals surface area contributed by atoms with Gasteiger partial charge in [0.15, 0.2) is 0 Å². The molecular weight excluding hydrogens is 274 g/mol. The van der Waals surface area contributed by atoms with E-state index in [-0.39, 0.29) is 0 Å². The monoisotopic (exact) mass is 293 g/mol. The first kappa shape index (κ1) is 14.8. The van der Waals surface area contributed by atoms with Crippen LogP contribution in [0.2, 0.25) is 0 Å². The zero-order valence-electron chi connectivity index (χ0n) is 12.0. The number of hydrogen-bond acceptors (Lipinski definition) is 3. The van der Waals surface area contributed by atoms with Gasteiger partial charge in [0.05, 0.1) is 11.2 Å². The van der Waals surface area contributed by atoms with Crippen molar-refractivity contribution in [3.05, 3.63) is 53.5 Å². The van der Waals surface area contributed by atoms with E-state index in [9.17, 15) is 8.42 Å². The Morgan fingerprint density at radius 1 is 1.15 bits per heavy atom. The zero-order valence-corrected chi connectivity index (χ0v) is 12.8. The van der Waals surface area contributed by atoms with Gasteiger partial charge < -0.3 is 4.42 Å². The van der Waals surface area contributed by atoms with Crippen molar-refractivity contribution in [3.8, 4) is 0 Å². The molecule has 0 fully saturated rings. The molecule has 1 aromatic carbocycles. The van der Waals surface area contributed by atoms with Crippen LogP contribution in [-0.4, -0.2) is 26.3 Å². The summed E-state index contributed by atoms with van der Waals surface area (Å²) in [5.74, 6) is 0.784. The Bertz CT molecular complexity index is 675. The lowest BCUT2D eigenvalue weighted by molar-refractivity contribution is 0.441. The summed E-state index contributed by atoms with van der Waals surface area (Å²) in [6.07, 6.45) is 2.15. The number of aryl methyl sites for hydroxylation is 2. The lowest BCUT2D eigenvalue weighted by atomic mass is 10.1. The van der Waals surface area contributed by atoms with Gasteiger partial charge in [0, 0.05) is 20.0 Å². The second-order valence-electron chi connectivity index (χ2n) is 4.90. The van der Waals surface area contributed by atoms with Crippen LogP contribution in [0.4, 0.5) is 0 Å². The fourth-order valence-electron chi connectivity index (χ4n) is 1.90. The van der Waals surface area contributed by atoms with Gasteiger partial charge >= 0.3 is 0 Å². The minimum Gasteiger partial charge on any atom is -0.469 e. The van der Waals surface area contributed by atoms with Gasteiger partial charge in [0.1, 0.15) is 5.76 Å². The van der Waals surface area contributed by atoms with Gasteiger partial charge in [-0.3, -0.25) is 0 Å². The molecule has 0 unspecified atom stereocenters. The Kier molecular flexibility index (Phi) is 4.30. The maximum absolute atomic E-state index is 12.5. The van der Waals surface area contributed by atoms with E-state index >= 15 is 0 Å². The minimum atomic E-state index is -3.44. The van der Waals surface area contributed by atoms with E-state index in [1.165, 1.54) is 4.31 Å². The van der Waals surface area contributed by atoms with E-state index in [4.69, 9.17) is 4.42 Å².